The Hall–Kier alpha value is -3.88. The van der Waals surface area contributed by atoms with Gasteiger partial charge in [-0.25, -0.2) is 0 Å². The van der Waals surface area contributed by atoms with E-state index in [9.17, 15) is 10.5 Å². The molecule has 0 fully saturated rings. The zero-order valence-electron chi connectivity index (χ0n) is 17.3. The number of aryl methyl sites for hydroxylation is 3. The molecule has 0 amide bonds. The van der Waals surface area contributed by atoms with Gasteiger partial charge in [0.2, 0.25) is 0 Å². The Balaban J connectivity index is 1.88. The first-order valence-corrected chi connectivity index (χ1v) is 10.1. The van der Waals surface area contributed by atoms with Crippen molar-refractivity contribution in [1.82, 2.24) is 0 Å². The zero-order chi connectivity index (χ0) is 21.0. The lowest BCUT2D eigenvalue weighted by Crippen LogP contribution is -1.99. The molecule has 2 nitrogen and oxygen atoms in total. The molecule has 0 spiro atoms. The second-order valence-electron chi connectivity index (χ2n) is 8.20. The minimum absolute atomic E-state index is 0.717. The maximum Gasteiger partial charge on any atom is 0.0995 e. The normalized spacial score (nSPS) is 11.2. The van der Waals surface area contributed by atoms with Gasteiger partial charge in [-0.2, -0.15) is 10.5 Å². The van der Waals surface area contributed by atoms with Crippen molar-refractivity contribution < 1.29 is 0 Å². The van der Waals surface area contributed by atoms with E-state index < -0.39 is 0 Å². The summed E-state index contributed by atoms with van der Waals surface area (Å²) in [4.78, 5) is 0. The second-order valence-corrected chi connectivity index (χ2v) is 8.20. The average molecular weight is 384 g/mol. The van der Waals surface area contributed by atoms with Crippen LogP contribution in [0.2, 0.25) is 0 Å². The molecule has 2 heteroatoms. The summed E-state index contributed by atoms with van der Waals surface area (Å²) in [6, 6.07) is 23.7. The summed E-state index contributed by atoms with van der Waals surface area (Å²) in [5.74, 6) is 0. The molecule has 5 aromatic rings. The van der Waals surface area contributed by atoms with E-state index in [0.29, 0.717) is 5.56 Å². The molecule has 0 aliphatic rings. The quantitative estimate of drug-likeness (QED) is 0.313. The van der Waals surface area contributed by atoms with E-state index in [4.69, 9.17) is 0 Å². The van der Waals surface area contributed by atoms with Crippen LogP contribution in [0, 0.1) is 43.4 Å². The Morgan fingerprint density at radius 3 is 2.00 bits per heavy atom. The number of nitrogens with zero attached hydrogens (tertiary/aromatic N) is 2. The summed E-state index contributed by atoms with van der Waals surface area (Å²) in [6.45, 7) is 6.25. The van der Waals surface area contributed by atoms with E-state index in [1.165, 1.54) is 27.5 Å². The lowest BCUT2D eigenvalue weighted by Gasteiger charge is -2.17. The van der Waals surface area contributed by atoms with E-state index in [1.807, 2.05) is 19.1 Å². The van der Waals surface area contributed by atoms with Gasteiger partial charge >= 0.3 is 0 Å². The van der Waals surface area contributed by atoms with Crippen LogP contribution in [0.4, 0.5) is 0 Å². The van der Waals surface area contributed by atoms with Gasteiger partial charge in [0.1, 0.15) is 0 Å². The third-order valence-electron chi connectivity index (χ3n) is 6.39. The topological polar surface area (TPSA) is 47.6 Å². The standard InChI is InChI=1S/C28H20N2/c1-16-4-5-19(17(2)10-16)13-26-23(15-30)12-21-6-8-24-18(3)22(14-29)11-20-7-9-25(26)28(21)27(20)24/h4-12H,13H2,1-3H3. The fourth-order valence-corrected chi connectivity index (χ4v) is 4.79. The van der Waals surface area contributed by atoms with Crippen molar-refractivity contribution in [1.29, 1.82) is 10.5 Å². The van der Waals surface area contributed by atoms with Crippen LogP contribution in [0.15, 0.2) is 54.6 Å². The van der Waals surface area contributed by atoms with Crippen LogP contribution in [0.5, 0.6) is 0 Å². The third kappa shape index (κ3) is 2.55. The second kappa shape index (κ2) is 6.58. The molecule has 0 saturated heterocycles. The fourth-order valence-electron chi connectivity index (χ4n) is 4.79. The minimum Gasteiger partial charge on any atom is -0.192 e. The Labute approximate surface area is 175 Å². The fraction of sp³-hybridized carbons (Fsp3) is 0.143. The third-order valence-corrected chi connectivity index (χ3v) is 6.39. The summed E-state index contributed by atoms with van der Waals surface area (Å²) in [5, 5.41) is 26.2. The Morgan fingerprint density at radius 1 is 0.700 bits per heavy atom. The first-order chi connectivity index (χ1) is 14.5. The van der Waals surface area contributed by atoms with E-state index in [1.54, 1.807) is 0 Å². The molecule has 5 rings (SSSR count). The van der Waals surface area contributed by atoms with Crippen molar-refractivity contribution in [2.24, 2.45) is 0 Å². The van der Waals surface area contributed by atoms with Gasteiger partial charge in [0.15, 0.2) is 0 Å². The van der Waals surface area contributed by atoms with Crippen molar-refractivity contribution in [2.45, 2.75) is 27.2 Å². The van der Waals surface area contributed by atoms with Gasteiger partial charge in [-0.1, -0.05) is 48.0 Å². The van der Waals surface area contributed by atoms with Crippen molar-refractivity contribution in [3.05, 3.63) is 93.5 Å². The van der Waals surface area contributed by atoms with E-state index in [0.717, 1.165) is 44.7 Å². The van der Waals surface area contributed by atoms with Gasteiger partial charge in [0.25, 0.3) is 0 Å². The molecule has 0 atom stereocenters. The van der Waals surface area contributed by atoms with Gasteiger partial charge < -0.3 is 0 Å². The van der Waals surface area contributed by atoms with E-state index >= 15 is 0 Å². The van der Waals surface area contributed by atoms with Crippen molar-refractivity contribution >= 4 is 32.3 Å². The number of hydrogen-bond donors (Lipinski definition) is 0. The Kier molecular flexibility index (Phi) is 3.99. The molecule has 0 aliphatic carbocycles. The SMILES string of the molecule is Cc1ccc(Cc2c(C#N)cc3ccc4c(C)c(C#N)cc5ccc2c3c54)c(C)c1. The molecule has 5 aromatic carbocycles. The molecule has 142 valence electrons. The van der Waals surface area contributed by atoms with Crippen LogP contribution in [-0.2, 0) is 6.42 Å². The van der Waals surface area contributed by atoms with Crippen molar-refractivity contribution in [2.75, 3.05) is 0 Å². The van der Waals surface area contributed by atoms with Crippen LogP contribution in [0.1, 0.15) is 38.9 Å². The average Bonchev–Trinajstić information content (AvgIpc) is 2.75. The summed E-state index contributed by atoms with van der Waals surface area (Å²) >= 11 is 0. The monoisotopic (exact) mass is 384 g/mol. The maximum atomic E-state index is 9.92. The number of hydrogen-bond acceptors (Lipinski definition) is 2. The van der Waals surface area contributed by atoms with Crippen molar-refractivity contribution in [3.63, 3.8) is 0 Å². The molecule has 0 heterocycles. The molecule has 0 radical (unpaired) electrons. The highest BCUT2D eigenvalue weighted by atomic mass is 14.3. The van der Waals surface area contributed by atoms with E-state index in [2.05, 4.69) is 68.5 Å². The molecule has 0 unspecified atom stereocenters. The van der Waals surface area contributed by atoms with Gasteiger partial charge in [0, 0.05) is 0 Å². The van der Waals surface area contributed by atoms with Gasteiger partial charge in [-0.3, -0.25) is 0 Å². The molecule has 30 heavy (non-hydrogen) atoms. The highest BCUT2D eigenvalue weighted by Gasteiger charge is 2.17. The van der Waals surface area contributed by atoms with Crippen LogP contribution in [-0.4, -0.2) is 0 Å². The highest BCUT2D eigenvalue weighted by Crippen LogP contribution is 2.40. The molecular formula is C28H20N2. The van der Waals surface area contributed by atoms with Crippen LogP contribution in [0.3, 0.4) is 0 Å². The smallest absolute Gasteiger partial charge is 0.0995 e. The number of rotatable bonds is 2. The molecule has 0 N–H and O–H groups in total. The van der Waals surface area contributed by atoms with Gasteiger partial charge in [0.05, 0.1) is 23.3 Å². The number of nitriles is 2. The molecule has 0 aliphatic heterocycles. The molecular weight excluding hydrogens is 364 g/mol. The first kappa shape index (κ1) is 18.2. The molecule has 0 saturated carbocycles. The Bertz CT molecular complexity index is 1560. The zero-order valence-corrected chi connectivity index (χ0v) is 17.3. The van der Waals surface area contributed by atoms with Gasteiger partial charge in [-0.05, 0) is 93.9 Å². The molecule has 0 aromatic heterocycles. The predicted octanol–water partition coefficient (Wildman–Crippen LogP) is 6.84. The van der Waals surface area contributed by atoms with Crippen LogP contribution < -0.4 is 0 Å². The maximum absolute atomic E-state index is 9.92. The largest absolute Gasteiger partial charge is 0.192 e. The van der Waals surface area contributed by atoms with Crippen LogP contribution >= 0.6 is 0 Å². The van der Waals surface area contributed by atoms with Gasteiger partial charge in [-0.15, -0.1) is 0 Å². The highest BCUT2D eigenvalue weighted by molar-refractivity contribution is 6.24. The summed E-state index contributed by atoms with van der Waals surface area (Å²) in [7, 11) is 0. The van der Waals surface area contributed by atoms with Crippen LogP contribution in [0.25, 0.3) is 32.3 Å². The Morgan fingerprint density at radius 2 is 1.33 bits per heavy atom. The predicted molar refractivity (Wildman–Crippen MR) is 123 cm³/mol. The van der Waals surface area contributed by atoms with E-state index in [-0.39, 0.29) is 0 Å². The summed E-state index contributed by atoms with van der Waals surface area (Å²) in [5.41, 5.74) is 7.28. The minimum atomic E-state index is 0.717. The summed E-state index contributed by atoms with van der Waals surface area (Å²) in [6.07, 6.45) is 0.728. The lowest BCUT2D eigenvalue weighted by atomic mass is 9.85. The number of benzene rings is 5. The lowest BCUT2D eigenvalue weighted by molar-refractivity contribution is 1.15. The molecule has 0 bridgehead atoms. The summed E-state index contributed by atoms with van der Waals surface area (Å²) < 4.78 is 0. The van der Waals surface area contributed by atoms with Crippen molar-refractivity contribution in [3.8, 4) is 12.1 Å². The first-order valence-electron chi connectivity index (χ1n) is 10.1.